The summed E-state index contributed by atoms with van der Waals surface area (Å²) in [6, 6.07) is 0. The molecule has 6 aliphatic carbocycles. The molecule has 6 rings (SSSR count). The highest BCUT2D eigenvalue weighted by molar-refractivity contribution is 5.76. The van der Waals surface area contributed by atoms with Crippen molar-refractivity contribution in [3.63, 3.8) is 0 Å². The first-order valence-electron chi connectivity index (χ1n) is 16.0. The number of carbonyl (C=O) groups is 1. The minimum absolute atomic E-state index is 0.0402. The van der Waals surface area contributed by atoms with Crippen LogP contribution in [0.5, 0.6) is 0 Å². The standard InChI is InChI=1S/C35H51NO/c1-3-20-34(29-16-8-4-12-25(29)26-13-5-9-17-30(26)34)21-22-35(23-24(2)33(36)37)31-18-10-6-14-27(31)28-15-7-11-19-32(28)35/h4,6,8,10,12,24,26-27,29-31H,3,5,7,9,11,13-23H2,1-2H3,(H2,36,37). The molecule has 0 saturated heterocycles. The fourth-order valence-electron chi connectivity index (χ4n) is 11.1. The average Bonchev–Trinajstić information content (AvgIpc) is 3.37. The Hall–Kier alpha value is -1.57. The van der Waals surface area contributed by atoms with E-state index in [0.29, 0.717) is 11.3 Å². The number of allylic oxidation sites excluding steroid dienone is 8. The van der Waals surface area contributed by atoms with Gasteiger partial charge in [0.05, 0.1) is 0 Å². The zero-order valence-electron chi connectivity index (χ0n) is 23.7. The van der Waals surface area contributed by atoms with E-state index in [0.717, 1.165) is 30.1 Å². The van der Waals surface area contributed by atoms with E-state index < -0.39 is 0 Å². The third kappa shape index (κ3) is 4.06. The maximum atomic E-state index is 12.5. The van der Waals surface area contributed by atoms with E-state index in [2.05, 4.69) is 44.2 Å². The van der Waals surface area contributed by atoms with Crippen LogP contribution in [-0.4, -0.2) is 5.91 Å². The van der Waals surface area contributed by atoms with Gasteiger partial charge in [0.1, 0.15) is 0 Å². The predicted octanol–water partition coefficient (Wildman–Crippen LogP) is 8.84. The van der Waals surface area contributed by atoms with Gasteiger partial charge in [0.15, 0.2) is 0 Å². The van der Waals surface area contributed by atoms with Crippen molar-refractivity contribution in [2.75, 3.05) is 0 Å². The quantitative estimate of drug-likeness (QED) is 0.332. The summed E-state index contributed by atoms with van der Waals surface area (Å²) in [5.41, 5.74) is 12.1. The Morgan fingerprint density at radius 3 is 2.59 bits per heavy atom. The third-order valence-corrected chi connectivity index (χ3v) is 12.4. The summed E-state index contributed by atoms with van der Waals surface area (Å²) in [4.78, 5) is 12.5. The van der Waals surface area contributed by atoms with Crippen LogP contribution in [0.15, 0.2) is 47.1 Å². The van der Waals surface area contributed by atoms with Crippen molar-refractivity contribution >= 4 is 5.91 Å². The van der Waals surface area contributed by atoms with Crippen LogP contribution in [0.2, 0.25) is 0 Å². The Morgan fingerprint density at radius 2 is 1.76 bits per heavy atom. The lowest BCUT2D eigenvalue weighted by molar-refractivity contribution is -0.122. The normalized spacial score (nSPS) is 41.0. The Kier molecular flexibility index (Phi) is 7.08. The minimum atomic E-state index is -0.0914. The number of amides is 1. The Morgan fingerprint density at radius 1 is 0.946 bits per heavy atom. The molecule has 8 atom stereocenters. The van der Waals surface area contributed by atoms with Gasteiger partial charge >= 0.3 is 0 Å². The van der Waals surface area contributed by atoms with Crippen molar-refractivity contribution in [1.82, 2.24) is 0 Å². The van der Waals surface area contributed by atoms with Crippen LogP contribution in [0.3, 0.4) is 0 Å². The second-order valence-corrected chi connectivity index (χ2v) is 13.9. The van der Waals surface area contributed by atoms with Gasteiger partial charge in [0.25, 0.3) is 0 Å². The van der Waals surface area contributed by atoms with Gasteiger partial charge < -0.3 is 5.73 Å². The fraction of sp³-hybridized carbons (Fsp3) is 0.743. The van der Waals surface area contributed by atoms with E-state index in [9.17, 15) is 4.79 Å². The van der Waals surface area contributed by atoms with Gasteiger partial charge in [-0.1, -0.05) is 80.2 Å². The molecule has 0 bridgehead atoms. The molecule has 0 aliphatic heterocycles. The van der Waals surface area contributed by atoms with Crippen LogP contribution >= 0.6 is 0 Å². The molecule has 2 fully saturated rings. The van der Waals surface area contributed by atoms with Crippen molar-refractivity contribution in [1.29, 1.82) is 0 Å². The number of hydrogen-bond acceptors (Lipinski definition) is 1. The van der Waals surface area contributed by atoms with E-state index in [1.165, 1.54) is 96.3 Å². The molecule has 6 aliphatic rings. The summed E-state index contributed by atoms with van der Waals surface area (Å²) < 4.78 is 0. The van der Waals surface area contributed by atoms with E-state index in [-0.39, 0.29) is 17.2 Å². The lowest BCUT2D eigenvalue weighted by Crippen LogP contribution is -2.41. The largest absolute Gasteiger partial charge is 0.369 e. The molecule has 2 N–H and O–H groups in total. The second kappa shape index (κ2) is 10.2. The van der Waals surface area contributed by atoms with Crippen LogP contribution < -0.4 is 5.73 Å². The number of nitrogens with two attached hydrogens (primary N) is 1. The van der Waals surface area contributed by atoms with Gasteiger partial charge in [-0.25, -0.2) is 0 Å². The summed E-state index contributed by atoms with van der Waals surface area (Å²) in [5.74, 6) is 3.72. The van der Waals surface area contributed by atoms with Crippen LogP contribution in [0.25, 0.3) is 0 Å². The highest BCUT2D eigenvalue weighted by atomic mass is 16.1. The van der Waals surface area contributed by atoms with Gasteiger partial charge in [-0.3, -0.25) is 4.79 Å². The van der Waals surface area contributed by atoms with Crippen molar-refractivity contribution in [3.8, 4) is 0 Å². The third-order valence-electron chi connectivity index (χ3n) is 12.4. The monoisotopic (exact) mass is 501 g/mol. The molecule has 0 heterocycles. The molecule has 0 aromatic rings. The molecule has 8 unspecified atom stereocenters. The second-order valence-electron chi connectivity index (χ2n) is 13.9. The molecule has 0 radical (unpaired) electrons. The first kappa shape index (κ1) is 25.7. The number of primary amides is 1. The zero-order valence-corrected chi connectivity index (χ0v) is 23.7. The maximum Gasteiger partial charge on any atom is 0.220 e. The van der Waals surface area contributed by atoms with Crippen LogP contribution in [0.4, 0.5) is 0 Å². The molecule has 37 heavy (non-hydrogen) atoms. The summed E-state index contributed by atoms with van der Waals surface area (Å²) >= 11 is 0. The summed E-state index contributed by atoms with van der Waals surface area (Å²) in [6.45, 7) is 4.56. The van der Waals surface area contributed by atoms with Gasteiger partial charge in [0, 0.05) is 5.92 Å². The number of fused-ring (bicyclic) bond motifs is 5. The van der Waals surface area contributed by atoms with Gasteiger partial charge in [0.2, 0.25) is 5.91 Å². The van der Waals surface area contributed by atoms with Crippen molar-refractivity contribution in [2.24, 2.45) is 52.1 Å². The predicted molar refractivity (Wildman–Crippen MR) is 154 cm³/mol. The lowest BCUT2D eigenvalue weighted by atomic mass is 9.56. The minimum Gasteiger partial charge on any atom is -0.369 e. The fourth-order valence-corrected chi connectivity index (χ4v) is 11.1. The molecule has 1 amide bonds. The molecule has 2 nitrogen and oxygen atoms in total. The van der Waals surface area contributed by atoms with E-state index in [4.69, 9.17) is 5.73 Å². The number of carbonyl (C=O) groups excluding carboxylic acids is 1. The molecule has 2 saturated carbocycles. The highest BCUT2D eigenvalue weighted by Gasteiger charge is 2.59. The number of hydrogen-bond donors (Lipinski definition) is 1. The molecule has 0 spiro atoms. The molecule has 0 aromatic carbocycles. The van der Waals surface area contributed by atoms with Crippen molar-refractivity contribution < 1.29 is 4.79 Å². The van der Waals surface area contributed by atoms with Gasteiger partial charge in [-0.15, -0.1) is 0 Å². The Labute approximate surface area is 226 Å². The first-order chi connectivity index (χ1) is 18.0. The molecular weight excluding hydrogens is 450 g/mol. The van der Waals surface area contributed by atoms with Gasteiger partial charge in [-0.05, 0) is 124 Å². The van der Waals surface area contributed by atoms with Crippen LogP contribution in [-0.2, 0) is 4.79 Å². The topological polar surface area (TPSA) is 43.1 Å². The summed E-state index contributed by atoms with van der Waals surface area (Å²) in [6.07, 6.45) is 33.3. The van der Waals surface area contributed by atoms with Crippen molar-refractivity contribution in [2.45, 2.75) is 117 Å². The first-order valence-corrected chi connectivity index (χ1v) is 16.0. The van der Waals surface area contributed by atoms with E-state index in [1.54, 1.807) is 0 Å². The SMILES string of the molecule is CCCC1(CCC2(CC(C)C(N)=O)C3=C(CCCC3)C3CC=CCC32)C2CC=CC=C2C2CCCCC21. The molecule has 0 aromatic heterocycles. The van der Waals surface area contributed by atoms with Crippen LogP contribution in [0, 0.1) is 46.3 Å². The summed E-state index contributed by atoms with van der Waals surface area (Å²) in [7, 11) is 0. The Balaban J connectivity index is 1.41. The van der Waals surface area contributed by atoms with Crippen LogP contribution in [0.1, 0.15) is 117 Å². The highest BCUT2D eigenvalue weighted by Crippen LogP contribution is 2.68. The molecular formula is C35H51NO. The molecule has 202 valence electrons. The zero-order chi connectivity index (χ0) is 25.6. The van der Waals surface area contributed by atoms with Gasteiger partial charge in [-0.2, -0.15) is 0 Å². The van der Waals surface area contributed by atoms with Crippen molar-refractivity contribution in [3.05, 3.63) is 47.1 Å². The smallest absolute Gasteiger partial charge is 0.220 e. The summed E-state index contributed by atoms with van der Waals surface area (Å²) in [5, 5.41) is 0. The lowest BCUT2D eigenvalue weighted by Gasteiger charge is -2.48. The maximum absolute atomic E-state index is 12.5. The number of rotatable bonds is 8. The average molecular weight is 502 g/mol. The molecule has 2 heteroatoms. The van der Waals surface area contributed by atoms with E-state index >= 15 is 0 Å². The Bertz CT molecular complexity index is 1010. The van der Waals surface area contributed by atoms with E-state index in [1.807, 2.05) is 16.7 Å².